The SMILES string of the molecule is Cc1ccc2[nH]cc(CCNS(=O)(=O)c3cc(Cl)ccc3Cl)c2c1. The van der Waals surface area contributed by atoms with Crippen LogP contribution in [0.5, 0.6) is 0 Å². The molecule has 2 aromatic carbocycles. The van der Waals surface area contributed by atoms with Gasteiger partial charge in [0.25, 0.3) is 0 Å². The number of aromatic amines is 1. The molecule has 0 bridgehead atoms. The van der Waals surface area contributed by atoms with E-state index < -0.39 is 10.0 Å². The number of nitrogens with one attached hydrogen (secondary N) is 2. The molecule has 0 aliphatic carbocycles. The lowest BCUT2D eigenvalue weighted by Crippen LogP contribution is -2.26. The number of H-pyrrole nitrogens is 1. The van der Waals surface area contributed by atoms with Gasteiger partial charge in [0.05, 0.1) is 5.02 Å². The van der Waals surface area contributed by atoms with Crippen LogP contribution in [0.15, 0.2) is 47.5 Å². The minimum Gasteiger partial charge on any atom is -0.361 e. The third kappa shape index (κ3) is 3.59. The maximum absolute atomic E-state index is 12.4. The van der Waals surface area contributed by atoms with E-state index in [0.29, 0.717) is 11.4 Å². The number of rotatable bonds is 5. The maximum Gasteiger partial charge on any atom is 0.242 e. The first-order valence-corrected chi connectivity index (χ1v) is 9.62. The highest BCUT2D eigenvalue weighted by Crippen LogP contribution is 2.25. The van der Waals surface area contributed by atoms with Gasteiger partial charge in [0.2, 0.25) is 10.0 Å². The van der Waals surface area contributed by atoms with Gasteiger partial charge in [-0.1, -0.05) is 34.8 Å². The number of fused-ring (bicyclic) bond motifs is 1. The van der Waals surface area contributed by atoms with Crippen molar-refractivity contribution in [2.75, 3.05) is 6.54 Å². The molecule has 0 amide bonds. The molecule has 0 unspecified atom stereocenters. The van der Waals surface area contributed by atoms with Crippen LogP contribution in [0.25, 0.3) is 10.9 Å². The lowest BCUT2D eigenvalue weighted by molar-refractivity contribution is 0.582. The van der Waals surface area contributed by atoms with Crippen LogP contribution in [0.1, 0.15) is 11.1 Å². The van der Waals surface area contributed by atoms with Crippen LogP contribution in [0.3, 0.4) is 0 Å². The summed E-state index contributed by atoms with van der Waals surface area (Å²) in [5, 5.41) is 1.58. The van der Waals surface area contributed by atoms with E-state index in [4.69, 9.17) is 23.2 Å². The van der Waals surface area contributed by atoms with E-state index >= 15 is 0 Å². The lowest BCUT2D eigenvalue weighted by atomic mass is 10.1. The fourth-order valence-corrected chi connectivity index (χ4v) is 4.37. The summed E-state index contributed by atoms with van der Waals surface area (Å²) in [6.07, 6.45) is 2.48. The molecule has 0 aliphatic heterocycles. The Bertz CT molecular complexity index is 997. The highest BCUT2D eigenvalue weighted by molar-refractivity contribution is 7.89. The van der Waals surface area contributed by atoms with Gasteiger partial charge in [0.1, 0.15) is 4.90 Å². The predicted octanol–water partition coefficient (Wildman–Crippen LogP) is 4.30. The minimum absolute atomic E-state index is 0.00793. The quantitative estimate of drug-likeness (QED) is 0.690. The van der Waals surface area contributed by atoms with E-state index in [1.165, 1.54) is 12.1 Å². The molecule has 0 aliphatic rings. The largest absolute Gasteiger partial charge is 0.361 e. The molecule has 0 radical (unpaired) electrons. The molecule has 4 nitrogen and oxygen atoms in total. The van der Waals surface area contributed by atoms with E-state index in [-0.39, 0.29) is 16.5 Å². The second kappa shape index (κ2) is 6.76. The van der Waals surface area contributed by atoms with Gasteiger partial charge in [0, 0.05) is 28.7 Å². The Morgan fingerprint density at radius 1 is 1.12 bits per heavy atom. The van der Waals surface area contributed by atoms with Crippen molar-refractivity contribution < 1.29 is 8.42 Å². The highest BCUT2D eigenvalue weighted by atomic mass is 35.5. The van der Waals surface area contributed by atoms with Crippen molar-refractivity contribution in [3.8, 4) is 0 Å². The zero-order valence-corrected chi connectivity index (χ0v) is 15.3. The number of hydrogen-bond donors (Lipinski definition) is 2. The van der Waals surface area contributed by atoms with Gasteiger partial charge in [-0.05, 0) is 49.2 Å². The smallest absolute Gasteiger partial charge is 0.242 e. The molecular formula is C17H16Cl2N2O2S. The second-order valence-corrected chi connectivity index (χ2v) is 8.16. The van der Waals surface area contributed by atoms with Crippen molar-refractivity contribution >= 4 is 44.1 Å². The zero-order chi connectivity index (χ0) is 17.3. The van der Waals surface area contributed by atoms with Gasteiger partial charge in [-0.25, -0.2) is 13.1 Å². The minimum atomic E-state index is -3.70. The summed E-state index contributed by atoms with van der Waals surface area (Å²) < 4.78 is 27.4. The standard InChI is InChI=1S/C17H16Cl2N2O2S/c1-11-2-5-16-14(8-11)12(10-20-16)6-7-21-24(22,23)17-9-13(18)3-4-15(17)19/h2-5,8-10,20-21H,6-7H2,1H3. The first-order chi connectivity index (χ1) is 11.4. The van der Waals surface area contributed by atoms with Crippen LogP contribution in [-0.4, -0.2) is 19.9 Å². The second-order valence-electron chi connectivity index (χ2n) is 5.59. The first kappa shape index (κ1) is 17.3. The van der Waals surface area contributed by atoms with Crippen molar-refractivity contribution in [2.45, 2.75) is 18.2 Å². The molecule has 0 spiro atoms. The Labute approximate surface area is 150 Å². The van der Waals surface area contributed by atoms with E-state index in [1.54, 1.807) is 6.07 Å². The van der Waals surface area contributed by atoms with Gasteiger partial charge in [-0.3, -0.25) is 0 Å². The van der Waals surface area contributed by atoms with Crippen LogP contribution in [0.4, 0.5) is 0 Å². The normalized spacial score (nSPS) is 12.0. The average Bonchev–Trinajstić information content (AvgIpc) is 2.92. The predicted molar refractivity (Wildman–Crippen MR) is 98.4 cm³/mol. The monoisotopic (exact) mass is 382 g/mol. The van der Waals surface area contributed by atoms with Crippen molar-refractivity contribution in [2.24, 2.45) is 0 Å². The molecule has 0 saturated heterocycles. The van der Waals surface area contributed by atoms with Gasteiger partial charge in [-0.15, -0.1) is 0 Å². The molecule has 1 heterocycles. The summed E-state index contributed by atoms with van der Waals surface area (Å²) in [5.41, 5.74) is 3.26. The van der Waals surface area contributed by atoms with E-state index in [1.807, 2.05) is 25.3 Å². The van der Waals surface area contributed by atoms with Crippen LogP contribution in [-0.2, 0) is 16.4 Å². The Hall–Kier alpha value is -1.53. The molecular weight excluding hydrogens is 367 g/mol. The zero-order valence-electron chi connectivity index (χ0n) is 12.9. The summed E-state index contributed by atoms with van der Waals surface area (Å²) >= 11 is 11.8. The van der Waals surface area contributed by atoms with Crippen molar-refractivity contribution in [1.82, 2.24) is 9.71 Å². The van der Waals surface area contributed by atoms with Crippen molar-refractivity contribution in [1.29, 1.82) is 0 Å². The summed E-state index contributed by atoms with van der Waals surface area (Å²) in [6.45, 7) is 2.30. The fraction of sp³-hybridized carbons (Fsp3) is 0.176. The molecule has 1 aromatic heterocycles. The van der Waals surface area contributed by atoms with E-state index in [9.17, 15) is 8.42 Å². The van der Waals surface area contributed by atoms with Crippen LogP contribution >= 0.6 is 23.2 Å². The molecule has 7 heteroatoms. The number of aryl methyl sites for hydroxylation is 1. The molecule has 0 fully saturated rings. The Kier molecular flexibility index (Phi) is 4.88. The summed E-state index contributed by atoms with van der Waals surface area (Å²) in [6, 6.07) is 10.5. The van der Waals surface area contributed by atoms with E-state index in [0.717, 1.165) is 22.0 Å². The lowest BCUT2D eigenvalue weighted by Gasteiger charge is -2.08. The number of sulfonamides is 1. The molecule has 24 heavy (non-hydrogen) atoms. The Morgan fingerprint density at radius 2 is 1.92 bits per heavy atom. The average molecular weight is 383 g/mol. The number of benzene rings is 2. The molecule has 126 valence electrons. The van der Waals surface area contributed by atoms with Crippen molar-refractivity contribution in [3.63, 3.8) is 0 Å². The summed E-state index contributed by atoms with van der Waals surface area (Å²) in [5.74, 6) is 0. The number of halogens is 2. The van der Waals surface area contributed by atoms with Crippen molar-refractivity contribution in [3.05, 3.63) is 63.8 Å². The molecule has 0 atom stereocenters. The third-order valence-electron chi connectivity index (χ3n) is 3.79. The van der Waals surface area contributed by atoms with Gasteiger partial charge < -0.3 is 4.98 Å². The third-order valence-corrected chi connectivity index (χ3v) is 5.97. The maximum atomic E-state index is 12.4. The Morgan fingerprint density at radius 3 is 2.71 bits per heavy atom. The van der Waals surface area contributed by atoms with Crippen LogP contribution < -0.4 is 4.72 Å². The van der Waals surface area contributed by atoms with E-state index in [2.05, 4.69) is 15.8 Å². The van der Waals surface area contributed by atoms with Crippen LogP contribution in [0, 0.1) is 6.92 Å². The number of hydrogen-bond acceptors (Lipinski definition) is 2. The Balaban J connectivity index is 1.75. The first-order valence-electron chi connectivity index (χ1n) is 7.38. The van der Waals surface area contributed by atoms with Crippen LogP contribution in [0.2, 0.25) is 10.0 Å². The van der Waals surface area contributed by atoms with Gasteiger partial charge >= 0.3 is 0 Å². The fourth-order valence-electron chi connectivity index (χ4n) is 2.58. The van der Waals surface area contributed by atoms with Gasteiger partial charge in [-0.2, -0.15) is 0 Å². The summed E-state index contributed by atoms with van der Waals surface area (Å²) in [7, 11) is -3.70. The highest BCUT2D eigenvalue weighted by Gasteiger charge is 2.18. The number of aromatic nitrogens is 1. The van der Waals surface area contributed by atoms with Gasteiger partial charge in [0.15, 0.2) is 0 Å². The molecule has 2 N–H and O–H groups in total. The topological polar surface area (TPSA) is 62.0 Å². The molecule has 3 aromatic rings. The molecule has 0 saturated carbocycles. The molecule has 3 rings (SSSR count). The summed E-state index contributed by atoms with van der Waals surface area (Å²) in [4.78, 5) is 3.19.